The summed E-state index contributed by atoms with van der Waals surface area (Å²) in [5.41, 5.74) is 1.09. The maximum absolute atomic E-state index is 11.4. The second-order valence-corrected chi connectivity index (χ2v) is 3.52. The number of rotatable bonds is 1. The molecule has 0 saturated heterocycles. The minimum absolute atomic E-state index is 0.299. The number of hydrogen-bond acceptors (Lipinski definition) is 4. The molecule has 15 heavy (non-hydrogen) atoms. The molecule has 0 aliphatic carbocycles. The number of esters is 1. The van der Waals surface area contributed by atoms with Gasteiger partial charge in [-0.3, -0.25) is 0 Å². The lowest BCUT2D eigenvalue weighted by Crippen LogP contribution is -2.08. The van der Waals surface area contributed by atoms with Gasteiger partial charge in [0.05, 0.1) is 26.0 Å². The molecular formula is C9H11ClN2O3. The number of carbonyl (C=O) groups is 1. The summed E-state index contributed by atoms with van der Waals surface area (Å²) in [7, 11) is 1.33. The zero-order valence-electron chi connectivity index (χ0n) is 8.33. The number of fused-ring (bicyclic) bond motifs is 1. The van der Waals surface area contributed by atoms with Crippen molar-refractivity contribution >= 4 is 17.6 Å². The lowest BCUT2D eigenvalue weighted by Gasteiger charge is -2.03. The Labute approximate surface area is 91.9 Å². The Hall–Kier alpha value is -1.07. The van der Waals surface area contributed by atoms with Crippen molar-refractivity contribution in [2.24, 2.45) is 0 Å². The highest BCUT2D eigenvalue weighted by Crippen LogP contribution is 2.19. The molecule has 0 atom stereocenters. The molecule has 0 spiro atoms. The van der Waals surface area contributed by atoms with Crippen LogP contribution in [0, 0.1) is 0 Å². The molecule has 0 unspecified atom stereocenters. The standard InChI is InChI=1S/C9H11ClN2O3/c1-14-8(13)7-6-2-4-15-5-3-12(6)9(10)11-7/h2-5H2,1H3. The fourth-order valence-corrected chi connectivity index (χ4v) is 1.89. The number of nitrogens with zero attached hydrogens (tertiary/aromatic N) is 2. The Bertz CT molecular complexity index is 389. The Morgan fingerprint density at radius 2 is 2.40 bits per heavy atom. The van der Waals surface area contributed by atoms with Crippen molar-refractivity contribution in [2.45, 2.75) is 13.0 Å². The maximum atomic E-state index is 11.4. The van der Waals surface area contributed by atoms with Gasteiger partial charge in [-0.2, -0.15) is 0 Å². The van der Waals surface area contributed by atoms with E-state index in [1.807, 2.05) is 0 Å². The number of carbonyl (C=O) groups excluding carboxylic acids is 1. The van der Waals surface area contributed by atoms with Gasteiger partial charge in [-0.25, -0.2) is 9.78 Å². The van der Waals surface area contributed by atoms with Crippen LogP contribution in [0.5, 0.6) is 0 Å². The van der Waals surface area contributed by atoms with E-state index < -0.39 is 5.97 Å². The molecule has 0 saturated carbocycles. The predicted octanol–water partition coefficient (Wildman–Crippen LogP) is 0.896. The average molecular weight is 231 g/mol. The summed E-state index contributed by atoms with van der Waals surface area (Å²) in [6.07, 6.45) is 0.629. The molecule has 2 heterocycles. The second-order valence-electron chi connectivity index (χ2n) is 3.18. The second kappa shape index (κ2) is 4.20. The zero-order chi connectivity index (χ0) is 10.8. The van der Waals surface area contributed by atoms with Crippen LogP contribution in [0.25, 0.3) is 0 Å². The summed E-state index contributed by atoms with van der Waals surface area (Å²) in [6, 6.07) is 0. The van der Waals surface area contributed by atoms with Crippen LogP contribution in [0.4, 0.5) is 0 Å². The quantitative estimate of drug-likeness (QED) is 0.673. The first-order valence-corrected chi connectivity index (χ1v) is 5.03. The van der Waals surface area contributed by atoms with Gasteiger partial charge in [0.2, 0.25) is 5.28 Å². The molecule has 1 aliphatic heterocycles. The van der Waals surface area contributed by atoms with E-state index in [4.69, 9.17) is 16.3 Å². The Balaban J connectivity index is 2.44. The van der Waals surface area contributed by atoms with E-state index in [1.54, 1.807) is 4.57 Å². The molecule has 0 amide bonds. The monoisotopic (exact) mass is 230 g/mol. The molecule has 0 aromatic carbocycles. The van der Waals surface area contributed by atoms with Gasteiger partial charge in [0, 0.05) is 13.0 Å². The molecule has 2 rings (SSSR count). The molecular weight excluding hydrogens is 220 g/mol. The van der Waals surface area contributed by atoms with Gasteiger partial charge in [0.1, 0.15) is 0 Å². The Kier molecular flexibility index (Phi) is 2.93. The summed E-state index contributed by atoms with van der Waals surface area (Å²) in [5, 5.41) is 0.316. The smallest absolute Gasteiger partial charge is 0.358 e. The van der Waals surface area contributed by atoms with Crippen LogP contribution in [0.3, 0.4) is 0 Å². The van der Waals surface area contributed by atoms with Gasteiger partial charge in [0.25, 0.3) is 0 Å². The van der Waals surface area contributed by atoms with Gasteiger partial charge in [-0.15, -0.1) is 0 Å². The van der Waals surface area contributed by atoms with E-state index in [9.17, 15) is 4.79 Å². The first kappa shape index (κ1) is 10.4. The minimum atomic E-state index is -0.451. The van der Waals surface area contributed by atoms with Crippen molar-refractivity contribution < 1.29 is 14.3 Å². The third-order valence-electron chi connectivity index (χ3n) is 2.35. The van der Waals surface area contributed by atoms with E-state index in [0.717, 1.165) is 5.69 Å². The largest absolute Gasteiger partial charge is 0.464 e. The number of ether oxygens (including phenoxy) is 2. The van der Waals surface area contributed by atoms with Crippen LogP contribution in [0.2, 0.25) is 5.28 Å². The highest BCUT2D eigenvalue weighted by molar-refractivity contribution is 6.28. The molecule has 0 fully saturated rings. The van der Waals surface area contributed by atoms with E-state index in [1.165, 1.54) is 7.11 Å². The first-order chi connectivity index (χ1) is 7.24. The van der Waals surface area contributed by atoms with Crippen LogP contribution in [0.1, 0.15) is 16.2 Å². The summed E-state index contributed by atoms with van der Waals surface area (Å²) >= 11 is 5.92. The topological polar surface area (TPSA) is 53.3 Å². The lowest BCUT2D eigenvalue weighted by molar-refractivity contribution is 0.0593. The van der Waals surface area contributed by atoms with Gasteiger partial charge in [-0.05, 0) is 11.6 Å². The molecule has 1 aromatic rings. The van der Waals surface area contributed by atoms with Crippen LogP contribution < -0.4 is 0 Å². The van der Waals surface area contributed by atoms with Crippen molar-refractivity contribution in [1.29, 1.82) is 0 Å². The number of hydrogen-bond donors (Lipinski definition) is 0. The Morgan fingerprint density at radius 3 is 3.13 bits per heavy atom. The predicted molar refractivity (Wildman–Crippen MR) is 53.1 cm³/mol. The molecule has 0 N–H and O–H groups in total. The highest BCUT2D eigenvalue weighted by Gasteiger charge is 2.23. The summed E-state index contributed by atoms with van der Waals surface area (Å²) in [5.74, 6) is -0.451. The third kappa shape index (κ3) is 1.85. The number of methoxy groups -OCH3 is 1. The van der Waals surface area contributed by atoms with Crippen LogP contribution >= 0.6 is 11.6 Å². The van der Waals surface area contributed by atoms with E-state index >= 15 is 0 Å². The zero-order valence-corrected chi connectivity index (χ0v) is 9.08. The Morgan fingerprint density at radius 1 is 1.60 bits per heavy atom. The lowest BCUT2D eigenvalue weighted by atomic mass is 10.2. The van der Waals surface area contributed by atoms with Crippen molar-refractivity contribution in [1.82, 2.24) is 9.55 Å². The summed E-state index contributed by atoms with van der Waals surface area (Å²) in [4.78, 5) is 15.4. The number of imidazole rings is 1. The van der Waals surface area contributed by atoms with Gasteiger partial charge >= 0.3 is 5.97 Å². The molecule has 6 heteroatoms. The van der Waals surface area contributed by atoms with Gasteiger partial charge in [-0.1, -0.05) is 0 Å². The molecule has 0 radical (unpaired) electrons. The van der Waals surface area contributed by atoms with Crippen molar-refractivity contribution in [3.05, 3.63) is 16.7 Å². The fraction of sp³-hybridized carbons (Fsp3) is 0.556. The van der Waals surface area contributed by atoms with Gasteiger partial charge in [0.15, 0.2) is 5.69 Å². The van der Waals surface area contributed by atoms with E-state index in [2.05, 4.69) is 9.72 Å². The van der Waals surface area contributed by atoms with E-state index in [-0.39, 0.29) is 0 Å². The molecule has 0 bridgehead atoms. The molecule has 82 valence electrons. The number of aromatic nitrogens is 2. The van der Waals surface area contributed by atoms with Crippen molar-refractivity contribution in [3.63, 3.8) is 0 Å². The minimum Gasteiger partial charge on any atom is -0.464 e. The summed E-state index contributed by atoms with van der Waals surface area (Å²) in [6.45, 7) is 1.79. The van der Waals surface area contributed by atoms with Crippen LogP contribution in [-0.2, 0) is 22.4 Å². The van der Waals surface area contributed by atoms with Crippen LogP contribution in [0.15, 0.2) is 0 Å². The first-order valence-electron chi connectivity index (χ1n) is 4.65. The normalized spacial score (nSPS) is 15.6. The average Bonchev–Trinajstić information content (AvgIpc) is 2.45. The van der Waals surface area contributed by atoms with E-state index in [0.29, 0.717) is 37.2 Å². The summed E-state index contributed by atoms with van der Waals surface area (Å²) < 4.78 is 11.7. The van der Waals surface area contributed by atoms with Gasteiger partial charge < -0.3 is 14.0 Å². The molecule has 5 nitrogen and oxygen atoms in total. The SMILES string of the molecule is COC(=O)c1nc(Cl)n2c1CCOCC2. The molecule has 1 aliphatic rings. The molecule has 1 aromatic heterocycles. The van der Waals surface area contributed by atoms with Crippen molar-refractivity contribution in [3.8, 4) is 0 Å². The fourth-order valence-electron chi connectivity index (χ4n) is 1.62. The number of halogens is 1. The van der Waals surface area contributed by atoms with Crippen molar-refractivity contribution in [2.75, 3.05) is 20.3 Å². The third-order valence-corrected chi connectivity index (χ3v) is 2.64. The maximum Gasteiger partial charge on any atom is 0.358 e. The highest BCUT2D eigenvalue weighted by atomic mass is 35.5. The van der Waals surface area contributed by atoms with Crippen LogP contribution in [-0.4, -0.2) is 35.8 Å².